The van der Waals surface area contributed by atoms with E-state index in [4.69, 9.17) is 0 Å². The van der Waals surface area contributed by atoms with Crippen LogP contribution in [0.5, 0.6) is 0 Å². The molecule has 0 saturated carbocycles. The summed E-state index contributed by atoms with van der Waals surface area (Å²) in [6, 6.07) is 0.503. The van der Waals surface area contributed by atoms with E-state index >= 15 is 0 Å². The third-order valence-electron chi connectivity index (χ3n) is 1.81. The zero-order chi connectivity index (χ0) is 10.0. The van der Waals surface area contributed by atoms with Crippen molar-refractivity contribution >= 4 is 11.8 Å². The number of nitrogens with zero attached hydrogens (tertiary/aromatic N) is 2. The summed E-state index contributed by atoms with van der Waals surface area (Å²) in [6.07, 6.45) is 1.95. The van der Waals surface area contributed by atoms with Crippen LogP contribution in [0.25, 0.3) is 0 Å². The quantitative estimate of drug-likeness (QED) is 0.694. The molecule has 2 nitrogen and oxygen atoms in total. The van der Waals surface area contributed by atoms with Gasteiger partial charge in [-0.1, -0.05) is 25.6 Å². The van der Waals surface area contributed by atoms with Crippen molar-refractivity contribution in [3.05, 3.63) is 11.9 Å². The molecule has 0 N–H and O–H groups in total. The molecule has 0 fully saturated rings. The molecule has 0 saturated heterocycles. The van der Waals surface area contributed by atoms with Crippen LogP contribution in [0.3, 0.4) is 0 Å². The van der Waals surface area contributed by atoms with Crippen LogP contribution in [0.2, 0.25) is 0 Å². The molecule has 3 heteroatoms. The first kappa shape index (κ1) is 10.6. The van der Waals surface area contributed by atoms with Gasteiger partial charge in [0.1, 0.15) is 0 Å². The normalized spacial score (nSPS) is 11.6. The second-order valence-corrected chi connectivity index (χ2v) is 5.36. The minimum absolute atomic E-state index is 0.503. The van der Waals surface area contributed by atoms with Crippen molar-refractivity contribution < 1.29 is 0 Å². The molecular weight excluding hydrogens is 180 g/mol. The summed E-state index contributed by atoms with van der Waals surface area (Å²) in [7, 11) is 0. The molecule has 13 heavy (non-hydrogen) atoms. The van der Waals surface area contributed by atoms with Crippen molar-refractivity contribution in [2.24, 2.45) is 0 Å². The van der Waals surface area contributed by atoms with E-state index in [0.717, 1.165) is 5.16 Å². The molecule has 0 bridgehead atoms. The van der Waals surface area contributed by atoms with E-state index in [-0.39, 0.29) is 0 Å². The lowest BCUT2D eigenvalue weighted by molar-refractivity contribution is 0.536. The van der Waals surface area contributed by atoms with Crippen LogP contribution in [0.4, 0.5) is 0 Å². The van der Waals surface area contributed by atoms with Crippen molar-refractivity contribution in [2.45, 2.75) is 51.1 Å². The van der Waals surface area contributed by atoms with Crippen LogP contribution >= 0.6 is 11.8 Å². The predicted molar refractivity (Wildman–Crippen MR) is 58.3 cm³/mol. The van der Waals surface area contributed by atoms with E-state index in [1.807, 2.05) is 18.0 Å². The van der Waals surface area contributed by atoms with Gasteiger partial charge in [0.25, 0.3) is 0 Å². The van der Waals surface area contributed by atoms with Gasteiger partial charge in [-0.05, 0) is 20.8 Å². The van der Waals surface area contributed by atoms with Crippen molar-refractivity contribution in [1.29, 1.82) is 0 Å². The van der Waals surface area contributed by atoms with Gasteiger partial charge in [0.15, 0.2) is 5.16 Å². The number of aromatic nitrogens is 2. The van der Waals surface area contributed by atoms with E-state index in [1.54, 1.807) is 0 Å². The molecule has 1 aromatic rings. The fraction of sp³-hybridized carbons (Fsp3) is 0.700. The number of rotatable bonds is 3. The van der Waals surface area contributed by atoms with Gasteiger partial charge < -0.3 is 4.57 Å². The van der Waals surface area contributed by atoms with Crippen LogP contribution in [0, 0.1) is 6.92 Å². The van der Waals surface area contributed by atoms with E-state index in [2.05, 4.69) is 44.2 Å². The Morgan fingerprint density at radius 1 is 1.31 bits per heavy atom. The molecule has 0 aliphatic rings. The van der Waals surface area contributed by atoms with Crippen molar-refractivity contribution in [3.8, 4) is 0 Å². The van der Waals surface area contributed by atoms with Gasteiger partial charge in [-0.15, -0.1) is 0 Å². The Morgan fingerprint density at radius 3 is 2.38 bits per heavy atom. The largest absolute Gasteiger partial charge is 0.321 e. The van der Waals surface area contributed by atoms with Gasteiger partial charge in [-0.3, -0.25) is 0 Å². The summed E-state index contributed by atoms with van der Waals surface area (Å²) in [5, 5.41) is 1.74. The van der Waals surface area contributed by atoms with Gasteiger partial charge in [0, 0.05) is 23.2 Å². The smallest absolute Gasteiger partial charge is 0.168 e. The third-order valence-corrected chi connectivity index (χ3v) is 2.79. The first-order chi connectivity index (χ1) is 6.02. The lowest BCUT2D eigenvalue weighted by Crippen LogP contribution is -2.05. The Kier molecular flexibility index (Phi) is 3.42. The molecule has 74 valence electrons. The molecule has 1 heterocycles. The maximum atomic E-state index is 4.40. The van der Waals surface area contributed by atoms with E-state index in [0.29, 0.717) is 11.3 Å². The molecule has 0 radical (unpaired) electrons. The van der Waals surface area contributed by atoms with Crippen molar-refractivity contribution in [2.75, 3.05) is 0 Å². The molecule has 0 spiro atoms. The fourth-order valence-electron chi connectivity index (χ4n) is 1.35. The molecule has 0 aromatic carbocycles. The summed E-state index contributed by atoms with van der Waals surface area (Å²) in [5.41, 5.74) is 1.25. The molecule has 0 aliphatic carbocycles. The van der Waals surface area contributed by atoms with Crippen LogP contribution in [-0.2, 0) is 0 Å². The summed E-state index contributed by atoms with van der Waals surface area (Å²) in [6.45, 7) is 10.9. The van der Waals surface area contributed by atoms with Crippen LogP contribution in [0.1, 0.15) is 39.4 Å². The monoisotopic (exact) mass is 198 g/mol. The van der Waals surface area contributed by atoms with Gasteiger partial charge in [0.05, 0.1) is 0 Å². The molecule has 1 aromatic heterocycles. The number of imidazole rings is 1. The van der Waals surface area contributed by atoms with Gasteiger partial charge in [0.2, 0.25) is 0 Å². The third kappa shape index (κ3) is 2.50. The van der Waals surface area contributed by atoms with E-state index in [9.17, 15) is 0 Å². The van der Waals surface area contributed by atoms with Crippen LogP contribution in [0.15, 0.2) is 11.4 Å². The SMILES string of the molecule is Cc1cnc(SC(C)C)n1C(C)C. The number of thioether (sulfide) groups is 1. The Labute approximate surface area is 84.7 Å². The molecular formula is C10H18N2S. The standard InChI is InChI=1S/C10H18N2S/c1-7(2)12-9(5)6-11-10(12)13-8(3)4/h6-8H,1-5H3. The highest BCUT2D eigenvalue weighted by atomic mass is 32.2. The maximum absolute atomic E-state index is 4.40. The Bertz CT molecular complexity index is 276. The number of aryl methyl sites for hydroxylation is 1. The first-order valence-corrected chi connectivity index (χ1v) is 5.60. The van der Waals surface area contributed by atoms with Gasteiger partial charge in [-0.2, -0.15) is 0 Å². The lowest BCUT2D eigenvalue weighted by atomic mass is 10.4. The molecule has 0 atom stereocenters. The zero-order valence-corrected chi connectivity index (χ0v) is 9.85. The molecule has 0 unspecified atom stereocenters. The topological polar surface area (TPSA) is 17.8 Å². The van der Waals surface area contributed by atoms with E-state index in [1.165, 1.54) is 5.69 Å². The van der Waals surface area contributed by atoms with Crippen LogP contribution in [-0.4, -0.2) is 14.8 Å². The van der Waals surface area contributed by atoms with Crippen molar-refractivity contribution in [3.63, 3.8) is 0 Å². The summed E-state index contributed by atoms with van der Waals surface area (Å²) < 4.78 is 2.28. The Balaban J connectivity index is 2.94. The highest BCUT2D eigenvalue weighted by molar-refractivity contribution is 7.99. The summed E-state index contributed by atoms with van der Waals surface area (Å²) >= 11 is 1.83. The number of hydrogen-bond acceptors (Lipinski definition) is 2. The Morgan fingerprint density at radius 2 is 1.92 bits per heavy atom. The van der Waals surface area contributed by atoms with Gasteiger partial charge in [-0.25, -0.2) is 4.98 Å². The first-order valence-electron chi connectivity index (χ1n) is 4.73. The lowest BCUT2D eigenvalue weighted by Gasteiger charge is -2.14. The highest BCUT2D eigenvalue weighted by Gasteiger charge is 2.11. The highest BCUT2D eigenvalue weighted by Crippen LogP contribution is 2.25. The maximum Gasteiger partial charge on any atom is 0.168 e. The predicted octanol–water partition coefficient (Wildman–Crippen LogP) is 3.27. The Hall–Kier alpha value is -0.440. The average Bonchev–Trinajstić information content (AvgIpc) is 2.30. The molecule has 0 amide bonds. The summed E-state index contributed by atoms with van der Waals surface area (Å²) in [5.74, 6) is 0. The van der Waals surface area contributed by atoms with Crippen LogP contribution < -0.4 is 0 Å². The minimum atomic E-state index is 0.503. The fourth-order valence-corrected chi connectivity index (χ4v) is 2.35. The van der Waals surface area contributed by atoms with E-state index < -0.39 is 0 Å². The second kappa shape index (κ2) is 4.18. The average molecular weight is 198 g/mol. The van der Waals surface area contributed by atoms with Gasteiger partial charge >= 0.3 is 0 Å². The minimum Gasteiger partial charge on any atom is -0.321 e. The second-order valence-electron chi connectivity index (χ2n) is 3.81. The number of hydrogen-bond donors (Lipinski definition) is 0. The summed E-state index contributed by atoms with van der Waals surface area (Å²) in [4.78, 5) is 4.40. The molecule has 0 aliphatic heterocycles. The zero-order valence-electron chi connectivity index (χ0n) is 9.03. The molecule has 1 rings (SSSR count). The van der Waals surface area contributed by atoms with Crippen molar-refractivity contribution in [1.82, 2.24) is 9.55 Å².